The van der Waals surface area contributed by atoms with Crippen molar-refractivity contribution < 1.29 is 14.5 Å². The third-order valence-electron chi connectivity index (χ3n) is 9.64. The number of hydrogen-bond donors (Lipinski definition) is 1. The molecule has 0 radical (unpaired) electrons. The number of nitrogens with two attached hydrogens (primary N) is 1. The average molecular weight is 497 g/mol. The van der Waals surface area contributed by atoms with Crippen molar-refractivity contribution in [3.8, 4) is 0 Å². The highest BCUT2D eigenvalue weighted by Gasteiger charge is 2.56. The predicted octanol–water partition coefficient (Wildman–Crippen LogP) is 4.71. The van der Waals surface area contributed by atoms with Crippen molar-refractivity contribution in [1.29, 1.82) is 0 Å². The summed E-state index contributed by atoms with van der Waals surface area (Å²) < 4.78 is 14.7. The summed E-state index contributed by atoms with van der Waals surface area (Å²) in [5.74, 6) is 1.09. The van der Waals surface area contributed by atoms with Gasteiger partial charge < -0.3 is 10.2 Å². The van der Waals surface area contributed by atoms with Crippen LogP contribution >= 0.6 is 11.3 Å². The van der Waals surface area contributed by atoms with Gasteiger partial charge in [-0.25, -0.2) is 9.37 Å². The fourth-order valence-corrected chi connectivity index (χ4v) is 9.23. The van der Waals surface area contributed by atoms with E-state index in [9.17, 15) is 9.18 Å². The number of fused-ring (bicyclic) bond motifs is 2. The minimum Gasteiger partial charge on any atom is -0.345 e. The Morgan fingerprint density at radius 2 is 2.00 bits per heavy atom. The van der Waals surface area contributed by atoms with Crippen LogP contribution in [0.1, 0.15) is 84.8 Å². The molecule has 1 aromatic heterocycles. The van der Waals surface area contributed by atoms with Gasteiger partial charge in [0.2, 0.25) is 5.91 Å². The van der Waals surface area contributed by atoms with Crippen LogP contribution in [-0.2, 0) is 16.6 Å². The Bertz CT molecular complexity index is 1080. The van der Waals surface area contributed by atoms with Gasteiger partial charge in [0.05, 0.1) is 29.2 Å². The Labute approximate surface area is 212 Å². The highest BCUT2D eigenvalue weighted by Crippen LogP contribution is 2.48. The zero-order chi connectivity index (χ0) is 24.0. The zero-order valence-electron chi connectivity index (χ0n) is 21.0. The maximum absolute atomic E-state index is 14.7. The molecule has 2 aliphatic carbocycles. The second kappa shape index (κ2) is 9.59. The molecule has 2 aromatic rings. The normalized spacial score (nSPS) is 31.6. The second-order valence-corrected chi connectivity index (χ2v) is 12.7. The van der Waals surface area contributed by atoms with Crippen molar-refractivity contribution in [2.45, 2.75) is 88.5 Å². The van der Waals surface area contributed by atoms with E-state index in [0.29, 0.717) is 11.8 Å². The first-order chi connectivity index (χ1) is 17.1. The van der Waals surface area contributed by atoms with Gasteiger partial charge in [-0.3, -0.25) is 4.79 Å². The third kappa shape index (κ3) is 4.15. The topological polar surface area (TPSA) is 49.8 Å². The Kier molecular flexibility index (Phi) is 6.46. The van der Waals surface area contributed by atoms with E-state index in [1.54, 1.807) is 12.1 Å². The summed E-state index contributed by atoms with van der Waals surface area (Å²) in [5.41, 5.74) is 2.06. The first-order valence-electron chi connectivity index (χ1n) is 13.9. The van der Waals surface area contributed by atoms with Crippen molar-refractivity contribution in [1.82, 2.24) is 9.88 Å². The van der Waals surface area contributed by atoms with Gasteiger partial charge in [-0.05, 0) is 75.3 Å². The summed E-state index contributed by atoms with van der Waals surface area (Å²) in [6.45, 7) is 4.77. The smallest absolute Gasteiger partial charge is 0.232 e. The lowest BCUT2D eigenvalue weighted by Gasteiger charge is -2.47. The second-order valence-electron chi connectivity index (χ2n) is 11.5. The number of hydrogen-bond acceptors (Lipinski definition) is 3. The Morgan fingerprint density at radius 1 is 1.17 bits per heavy atom. The lowest BCUT2D eigenvalue weighted by molar-refractivity contribution is -0.640. The fourth-order valence-electron chi connectivity index (χ4n) is 7.98. The first-order valence-corrected chi connectivity index (χ1v) is 14.7. The van der Waals surface area contributed by atoms with Gasteiger partial charge in [0.15, 0.2) is 0 Å². The van der Waals surface area contributed by atoms with Crippen LogP contribution in [0.15, 0.2) is 24.3 Å². The number of carbonyl (C=O) groups is 1. The summed E-state index contributed by atoms with van der Waals surface area (Å²) in [7, 11) is 0. The third-order valence-corrected chi connectivity index (χ3v) is 10.9. The van der Waals surface area contributed by atoms with E-state index in [1.165, 1.54) is 42.7 Å². The van der Waals surface area contributed by atoms with E-state index in [1.807, 2.05) is 23.5 Å². The van der Waals surface area contributed by atoms with Crippen molar-refractivity contribution in [2.75, 3.05) is 19.6 Å². The number of piperidine rings is 1. The molecular weight excluding hydrogens is 457 g/mol. The van der Waals surface area contributed by atoms with E-state index in [0.717, 1.165) is 62.3 Å². The molecule has 4 aliphatic rings. The zero-order valence-corrected chi connectivity index (χ0v) is 21.8. The molecule has 1 spiro atoms. The van der Waals surface area contributed by atoms with Crippen molar-refractivity contribution in [3.63, 3.8) is 0 Å². The van der Waals surface area contributed by atoms with Crippen LogP contribution < -0.4 is 5.32 Å². The number of amides is 1. The molecule has 3 fully saturated rings. The van der Waals surface area contributed by atoms with Crippen LogP contribution in [0.2, 0.25) is 0 Å². The molecule has 2 aliphatic heterocycles. The molecule has 2 N–H and O–H groups in total. The van der Waals surface area contributed by atoms with E-state index in [-0.39, 0.29) is 29.1 Å². The van der Waals surface area contributed by atoms with Crippen molar-refractivity contribution in [3.05, 3.63) is 51.2 Å². The van der Waals surface area contributed by atoms with Crippen molar-refractivity contribution in [2.24, 2.45) is 11.8 Å². The highest BCUT2D eigenvalue weighted by atomic mass is 32.1. The molecule has 0 bridgehead atoms. The van der Waals surface area contributed by atoms with Gasteiger partial charge in [-0.2, -0.15) is 0 Å². The molecule has 1 saturated carbocycles. The lowest BCUT2D eigenvalue weighted by atomic mass is 9.68. The van der Waals surface area contributed by atoms with Gasteiger partial charge in [0, 0.05) is 17.5 Å². The molecule has 1 aromatic carbocycles. The van der Waals surface area contributed by atoms with Gasteiger partial charge in [-0.15, -0.1) is 11.3 Å². The van der Waals surface area contributed by atoms with E-state index >= 15 is 0 Å². The highest BCUT2D eigenvalue weighted by molar-refractivity contribution is 7.11. The number of aryl methyl sites for hydroxylation is 2. The largest absolute Gasteiger partial charge is 0.345 e. The van der Waals surface area contributed by atoms with Crippen LogP contribution in [0.5, 0.6) is 0 Å². The van der Waals surface area contributed by atoms with Crippen LogP contribution in [0, 0.1) is 24.6 Å². The summed E-state index contributed by atoms with van der Waals surface area (Å²) >= 11 is 1.84. The number of quaternary nitrogens is 1. The number of likely N-dealkylation sites (tertiary alicyclic amines) is 1. The molecule has 3 heterocycles. The first kappa shape index (κ1) is 23.6. The quantitative estimate of drug-likeness (QED) is 0.669. The number of thiazole rings is 1. The average Bonchev–Trinajstić information content (AvgIpc) is 3.48. The predicted molar refractivity (Wildman–Crippen MR) is 137 cm³/mol. The molecule has 4 nitrogen and oxygen atoms in total. The molecule has 6 heteroatoms. The SMILES string of the molecule is Cc1nc2c(s1)[C@]1(CCC2)C[NH2+]C[C@H]1C(=O)N1CC[C@@H](c2ccccc2F)C[C@H]1C1CCCCC1. The monoisotopic (exact) mass is 496 g/mol. The minimum absolute atomic E-state index is 0.0394. The lowest BCUT2D eigenvalue weighted by Crippen LogP contribution is -2.82. The fraction of sp³-hybridized carbons (Fsp3) is 0.655. The Balaban J connectivity index is 1.30. The summed E-state index contributed by atoms with van der Waals surface area (Å²) in [4.78, 5) is 23.0. The maximum atomic E-state index is 14.7. The molecule has 6 rings (SSSR count). The Hall–Kier alpha value is -1.79. The molecule has 188 valence electrons. The van der Waals surface area contributed by atoms with Crippen molar-refractivity contribution >= 4 is 17.2 Å². The summed E-state index contributed by atoms with van der Waals surface area (Å²) in [5, 5.41) is 3.52. The number of nitrogens with zero attached hydrogens (tertiary/aromatic N) is 2. The number of benzene rings is 1. The van der Waals surface area contributed by atoms with Crippen LogP contribution in [0.25, 0.3) is 0 Å². The van der Waals surface area contributed by atoms with Gasteiger partial charge in [-0.1, -0.05) is 37.5 Å². The van der Waals surface area contributed by atoms with E-state index in [2.05, 4.69) is 17.1 Å². The number of aromatic nitrogens is 1. The van der Waals surface area contributed by atoms with Gasteiger partial charge in [0.25, 0.3) is 0 Å². The van der Waals surface area contributed by atoms with Crippen LogP contribution in [-0.4, -0.2) is 41.5 Å². The number of carbonyl (C=O) groups excluding carboxylic acids is 1. The standard InChI is InChI=1S/C29H38FN3OS/c1-19-32-25-12-7-14-29(27(25)35-19)18-31-17-23(29)28(34)33-15-13-21(22-10-5-6-11-24(22)30)16-26(33)20-8-3-2-4-9-20/h5-6,10-11,20-21,23,26,31H,2-4,7-9,12-18H2,1H3/p+1/t21-,23+,26+,29-/m1/s1. The van der Waals surface area contributed by atoms with Crippen LogP contribution in [0.3, 0.4) is 0 Å². The van der Waals surface area contributed by atoms with E-state index in [4.69, 9.17) is 4.98 Å². The maximum Gasteiger partial charge on any atom is 0.232 e. The van der Waals surface area contributed by atoms with Crippen LogP contribution in [0.4, 0.5) is 4.39 Å². The number of rotatable bonds is 3. The Morgan fingerprint density at radius 3 is 2.83 bits per heavy atom. The molecule has 1 amide bonds. The van der Waals surface area contributed by atoms with Gasteiger partial charge >= 0.3 is 0 Å². The molecule has 2 saturated heterocycles. The summed E-state index contributed by atoms with van der Waals surface area (Å²) in [6.07, 6.45) is 11.3. The molecular formula is C29H39FN3OS+. The molecule has 0 unspecified atom stereocenters. The van der Waals surface area contributed by atoms with E-state index < -0.39 is 0 Å². The minimum atomic E-state index is -0.0840. The molecule has 4 atom stereocenters. The number of halogens is 1. The van der Waals surface area contributed by atoms with Gasteiger partial charge in [0.1, 0.15) is 11.7 Å². The molecule has 35 heavy (non-hydrogen) atoms. The summed E-state index contributed by atoms with van der Waals surface area (Å²) in [6, 6.07) is 7.54.